The van der Waals surface area contributed by atoms with Gasteiger partial charge in [0.15, 0.2) is 5.72 Å². The van der Waals surface area contributed by atoms with Gasteiger partial charge in [0.1, 0.15) is 5.84 Å². The van der Waals surface area contributed by atoms with E-state index in [1.54, 1.807) is 0 Å². The molecule has 0 aliphatic carbocycles. The van der Waals surface area contributed by atoms with Crippen LogP contribution in [-0.2, 0) is 4.84 Å². The first-order chi connectivity index (χ1) is 6.35. The zero-order chi connectivity index (χ0) is 9.15. The van der Waals surface area contributed by atoms with Gasteiger partial charge in [0.05, 0.1) is 0 Å². The average molecular weight is 220 g/mol. The van der Waals surface area contributed by atoms with Gasteiger partial charge in [-0.25, -0.2) is 9.83 Å². The van der Waals surface area contributed by atoms with Crippen LogP contribution >= 0.6 is 12.4 Å². The maximum atomic E-state index is 5.55. The number of piperidine rings is 1. The predicted octanol–water partition coefficient (Wildman–Crippen LogP) is 1.22. The lowest BCUT2D eigenvalue weighted by Gasteiger charge is -2.28. The average Bonchev–Trinajstić information content (AvgIpc) is 2.51. The molecule has 2 aliphatic rings. The van der Waals surface area contributed by atoms with Gasteiger partial charge < -0.3 is 5.32 Å². The number of hydrogen-bond acceptors (Lipinski definition) is 4. The number of rotatable bonds is 2. The number of aliphatic imine (C=N–C) groups is 1. The second-order valence-electron chi connectivity index (χ2n) is 3.71. The van der Waals surface area contributed by atoms with E-state index in [1.807, 2.05) is 0 Å². The Morgan fingerprint density at radius 1 is 1.43 bits per heavy atom. The number of halogens is 1. The zero-order valence-electron chi connectivity index (χ0n) is 8.51. The van der Waals surface area contributed by atoms with E-state index in [0.29, 0.717) is 0 Å². The Balaban J connectivity index is 0.000000980. The number of nitrogens with one attached hydrogen (secondary N) is 2. The van der Waals surface area contributed by atoms with Crippen molar-refractivity contribution in [2.24, 2.45) is 4.99 Å². The fourth-order valence-corrected chi connectivity index (χ4v) is 1.82. The highest BCUT2D eigenvalue weighted by atomic mass is 35.5. The van der Waals surface area contributed by atoms with Gasteiger partial charge in [-0.3, -0.25) is 5.48 Å². The van der Waals surface area contributed by atoms with Crippen molar-refractivity contribution in [2.75, 3.05) is 13.1 Å². The van der Waals surface area contributed by atoms with Crippen molar-refractivity contribution in [1.82, 2.24) is 10.8 Å². The smallest absolute Gasteiger partial charge is 0.189 e. The molecule has 2 heterocycles. The zero-order valence-corrected chi connectivity index (χ0v) is 9.32. The van der Waals surface area contributed by atoms with Crippen LogP contribution in [0.25, 0.3) is 0 Å². The molecule has 2 N–H and O–H groups in total. The minimum absolute atomic E-state index is 0. The van der Waals surface area contributed by atoms with Gasteiger partial charge in [-0.2, -0.15) is 0 Å². The Bertz CT molecular complexity index is 214. The van der Waals surface area contributed by atoms with E-state index >= 15 is 0 Å². The molecule has 0 unspecified atom stereocenters. The van der Waals surface area contributed by atoms with Crippen LogP contribution in [0.4, 0.5) is 0 Å². The van der Waals surface area contributed by atoms with Gasteiger partial charge in [0.25, 0.3) is 0 Å². The van der Waals surface area contributed by atoms with E-state index in [4.69, 9.17) is 4.84 Å². The molecule has 4 nitrogen and oxygen atoms in total. The molecule has 1 fully saturated rings. The second kappa shape index (κ2) is 4.96. The first kappa shape index (κ1) is 11.8. The molecule has 1 spiro atoms. The number of amidine groups is 1. The fraction of sp³-hybridized carbons (Fsp3) is 0.889. The van der Waals surface area contributed by atoms with Gasteiger partial charge in [-0.1, -0.05) is 6.92 Å². The lowest BCUT2D eigenvalue weighted by Crippen LogP contribution is -2.41. The van der Waals surface area contributed by atoms with E-state index in [-0.39, 0.29) is 18.1 Å². The molecule has 0 aromatic carbocycles. The lowest BCUT2D eigenvalue weighted by atomic mass is 10.0. The predicted molar refractivity (Wildman–Crippen MR) is 58.6 cm³/mol. The van der Waals surface area contributed by atoms with Crippen molar-refractivity contribution >= 4 is 18.2 Å². The maximum Gasteiger partial charge on any atom is 0.189 e. The number of hydrogen-bond donors (Lipinski definition) is 2. The Hall–Kier alpha value is -0.320. The lowest BCUT2D eigenvalue weighted by molar-refractivity contribution is -0.0723. The summed E-state index contributed by atoms with van der Waals surface area (Å²) in [4.78, 5) is 10.2. The highest BCUT2D eigenvalue weighted by molar-refractivity contribution is 5.85. The summed E-state index contributed by atoms with van der Waals surface area (Å²) in [7, 11) is 0. The summed E-state index contributed by atoms with van der Waals surface area (Å²) in [6.45, 7) is 4.16. The van der Waals surface area contributed by atoms with Crippen LogP contribution in [0.1, 0.15) is 32.6 Å². The van der Waals surface area contributed by atoms with Gasteiger partial charge in [-0.15, -0.1) is 12.4 Å². The Kier molecular flexibility index (Phi) is 4.16. The largest absolute Gasteiger partial charge is 0.316 e. The maximum absolute atomic E-state index is 5.55. The van der Waals surface area contributed by atoms with Crippen molar-refractivity contribution in [3.63, 3.8) is 0 Å². The molecule has 0 aromatic heterocycles. The molecule has 0 atom stereocenters. The minimum Gasteiger partial charge on any atom is -0.316 e. The first-order valence-electron chi connectivity index (χ1n) is 5.08. The van der Waals surface area contributed by atoms with Crippen LogP contribution in [0.2, 0.25) is 0 Å². The van der Waals surface area contributed by atoms with Crippen LogP contribution in [0.5, 0.6) is 0 Å². The molecule has 0 amide bonds. The highest BCUT2D eigenvalue weighted by Gasteiger charge is 2.37. The molecular formula is C9H18ClN3O. The van der Waals surface area contributed by atoms with E-state index in [9.17, 15) is 0 Å². The SMILES string of the molecule is CCCC1=NC2(CCNCC2)ON1.Cl. The summed E-state index contributed by atoms with van der Waals surface area (Å²) < 4.78 is 0. The molecule has 2 rings (SSSR count). The van der Waals surface area contributed by atoms with E-state index in [0.717, 1.165) is 44.6 Å². The van der Waals surface area contributed by atoms with Crippen LogP contribution in [0.3, 0.4) is 0 Å². The molecule has 0 aromatic rings. The molecule has 0 saturated carbocycles. The van der Waals surface area contributed by atoms with E-state index in [2.05, 4.69) is 22.7 Å². The number of nitrogens with zero attached hydrogens (tertiary/aromatic N) is 1. The van der Waals surface area contributed by atoms with Crippen molar-refractivity contribution in [3.05, 3.63) is 0 Å². The van der Waals surface area contributed by atoms with Crippen LogP contribution in [0.15, 0.2) is 4.99 Å². The van der Waals surface area contributed by atoms with Gasteiger partial charge >= 0.3 is 0 Å². The van der Waals surface area contributed by atoms with Crippen LogP contribution in [-0.4, -0.2) is 24.7 Å². The summed E-state index contributed by atoms with van der Waals surface area (Å²) in [6.07, 6.45) is 4.07. The first-order valence-corrected chi connectivity index (χ1v) is 5.08. The van der Waals surface area contributed by atoms with Gasteiger partial charge in [-0.05, 0) is 19.5 Å². The summed E-state index contributed by atoms with van der Waals surface area (Å²) in [6, 6.07) is 0. The van der Waals surface area contributed by atoms with E-state index in [1.165, 1.54) is 0 Å². The third-order valence-corrected chi connectivity index (χ3v) is 2.57. The van der Waals surface area contributed by atoms with Crippen molar-refractivity contribution in [2.45, 2.75) is 38.3 Å². The third-order valence-electron chi connectivity index (χ3n) is 2.57. The highest BCUT2D eigenvalue weighted by Crippen LogP contribution is 2.27. The number of hydroxylamine groups is 1. The van der Waals surface area contributed by atoms with Crippen molar-refractivity contribution < 1.29 is 4.84 Å². The molecule has 82 valence electrons. The van der Waals surface area contributed by atoms with Gasteiger partial charge in [0, 0.05) is 19.3 Å². The molecule has 14 heavy (non-hydrogen) atoms. The monoisotopic (exact) mass is 219 g/mol. The second-order valence-corrected chi connectivity index (χ2v) is 3.71. The third kappa shape index (κ3) is 2.38. The fourth-order valence-electron chi connectivity index (χ4n) is 1.82. The quantitative estimate of drug-likeness (QED) is 0.734. The Morgan fingerprint density at radius 2 is 2.14 bits per heavy atom. The molecule has 0 bridgehead atoms. The van der Waals surface area contributed by atoms with Gasteiger partial charge in [0.2, 0.25) is 0 Å². The summed E-state index contributed by atoms with van der Waals surface area (Å²) in [5, 5.41) is 3.31. The standard InChI is InChI=1S/C9H17N3O.ClH/c1-2-3-8-11-9(13-12-8)4-6-10-7-5-9;/h10H,2-7H2,1H3,(H,11,12);1H. The molecular weight excluding hydrogens is 202 g/mol. The summed E-state index contributed by atoms with van der Waals surface area (Å²) >= 11 is 0. The summed E-state index contributed by atoms with van der Waals surface area (Å²) in [5.41, 5.74) is 2.70. The topological polar surface area (TPSA) is 45.7 Å². The normalized spacial score (nSPS) is 23.9. The minimum atomic E-state index is -0.240. The summed E-state index contributed by atoms with van der Waals surface area (Å²) in [5.74, 6) is 1.02. The van der Waals surface area contributed by atoms with Crippen molar-refractivity contribution in [3.8, 4) is 0 Å². The van der Waals surface area contributed by atoms with Crippen LogP contribution < -0.4 is 10.8 Å². The molecule has 0 radical (unpaired) electrons. The van der Waals surface area contributed by atoms with E-state index < -0.39 is 0 Å². The molecule has 1 saturated heterocycles. The Labute approximate surface area is 90.9 Å². The van der Waals surface area contributed by atoms with Crippen molar-refractivity contribution in [1.29, 1.82) is 0 Å². The Morgan fingerprint density at radius 3 is 2.79 bits per heavy atom. The van der Waals surface area contributed by atoms with Crippen LogP contribution in [0, 0.1) is 0 Å². The molecule has 2 aliphatic heterocycles. The molecule has 5 heteroatoms.